The number of halogens is 1. The van der Waals surface area contributed by atoms with Crippen LogP contribution in [0.1, 0.15) is 59.2 Å². The van der Waals surface area contributed by atoms with Crippen LogP contribution in [0.4, 0.5) is 15.8 Å². The molecule has 9 heteroatoms. The number of carbonyl (C=O) groups is 3. The molecule has 2 N–H and O–H groups in total. The molecule has 0 unspecified atom stereocenters. The van der Waals surface area contributed by atoms with Crippen LogP contribution in [0, 0.1) is 11.7 Å². The van der Waals surface area contributed by atoms with E-state index in [1.165, 1.54) is 18.6 Å². The highest BCUT2D eigenvalue weighted by molar-refractivity contribution is 6.00. The van der Waals surface area contributed by atoms with Gasteiger partial charge in [0.15, 0.2) is 0 Å². The molecule has 1 saturated carbocycles. The summed E-state index contributed by atoms with van der Waals surface area (Å²) in [7, 11) is 0. The minimum atomic E-state index is -0.425. The summed E-state index contributed by atoms with van der Waals surface area (Å²) in [5.74, 6) is -0.632. The second-order valence-corrected chi connectivity index (χ2v) is 10.7. The molecule has 208 valence electrons. The van der Waals surface area contributed by atoms with Gasteiger partial charge in [-0.1, -0.05) is 25.3 Å². The van der Waals surface area contributed by atoms with Crippen LogP contribution < -0.4 is 15.5 Å². The second kappa shape index (κ2) is 12.6. The molecular formula is C30H38FN5O3. The molecule has 1 aliphatic carbocycles. The third-order valence-corrected chi connectivity index (χ3v) is 8.08. The summed E-state index contributed by atoms with van der Waals surface area (Å²) in [4.78, 5) is 45.3. The number of nitrogens with zero attached hydrogens (tertiary/aromatic N) is 3. The van der Waals surface area contributed by atoms with E-state index in [0.717, 1.165) is 50.9 Å². The Morgan fingerprint density at radius 2 is 1.49 bits per heavy atom. The second-order valence-electron chi connectivity index (χ2n) is 10.7. The van der Waals surface area contributed by atoms with Crippen molar-refractivity contribution in [2.24, 2.45) is 5.92 Å². The van der Waals surface area contributed by atoms with Crippen LogP contribution in [0.5, 0.6) is 0 Å². The molecule has 2 heterocycles. The maximum absolute atomic E-state index is 13.7. The quantitative estimate of drug-likeness (QED) is 0.610. The Hall–Kier alpha value is -3.46. The van der Waals surface area contributed by atoms with Crippen LogP contribution in [0.2, 0.25) is 0 Å². The number of benzene rings is 2. The van der Waals surface area contributed by atoms with E-state index in [4.69, 9.17) is 0 Å². The Balaban J connectivity index is 1.36. The van der Waals surface area contributed by atoms with Crippen LogP contribution in [0.25, 0.3) is 0 Å². The minimum Gasteiger partial charge on any atom is -0.368 e. The zero-order valence-electron chi connectivity index (χ0n) is 22.5. The van der Waals surface area contributed by atoms with Crippen molar-refractivity contribution >= 4 is 29.1 Å². The van der Waals surface area contributed by atoms with E-state index in [0.29, 0.717) is 56.1 Å². The minimum absolute atomic E-state index is 0.0114. The highest BCUT2D eigenvalue weighted by atomic mass is 19.1. The lowest BCUT2D eigenvalue weighted by atomic mass is 9.88. The van der Waals surface area contributed by atoms with Gasteiger partial charge in [0.25, 0.3) is 11.8 Å². The van der Waals surface area contributed by atoms with E-state index in [1.54, 1.807) is 17.0 Å². The lowest BCUT2D eigenvalue weighted by Gasteiger charge is -2.29. The molecule has 8 nitrogen and oxygen atoms in total. The normalized spacial score (nSPS) is 18.9. The molecule has 2 saturated heterocycles. The summed E-state index contributed by atoms with van der Waals surface area (Å²) in [5.41, 5.74) is 2.42. The number of rotatable bonds is 5. The highest BCUT2D eigenvalue weighted by Crippen LogP contribution is 2.31. The van der Waals surface area contributed by atoms with Crippen molar-refractivity contribution in [3.63, 3.8) is 0 Å². The Morgan fingerprint density at radius 3 is 2.23 bits per heavy atom. The van der Waals surface area contributed by atoms with Crippen LogP contribution in [0.15, 0.2) is 42.5 Å². The number of piperazine rings is 1. The van der Waals surface area contributed by atoms with Crippen molar-refractivity contribution in [3.05, 3.63) is 59.4 Å². The summed E-state index contributed by atoms with van der Waals surface area (Å²) in [6.07, 6.45) is 5.81. The Bertz CT molecular complexity index is 1190. The monoisotopic (exact) mass is 535 g/mol. The molecular weight excluding hydrogens is 497 g/mol. The predicted molar refractivity (Wildman–Crippen MR) is 150 cm³/mol. The highest BCUT2D eigenvalue weighted by Gasteiger charge is 2.26. The number of anilines is 2. The van der Waals surface area contributed by atoms with E-state index in [2.05, 4.69) is 15.5 Å². The van der Waals surface area contributed by atoms with Crippen LogP contribution >= 0.6 is 0 Å². The van der Waals surface area contributed by atoms with E-state index in [-0.39, 0.29) is 23.6 Å². The van der Waals surface area contributed by atoms with Gasteiger partial charge in [0.1, 0.15) is 5.82 Å². The topological polar surface area (TPSA) is 85.0 Å². The van der Waals surface area contributed by atoms with Gasteiger partial charge in [-0.3, -0.25) is 14.4 Å². The Kier molecular flexibility index (Phi) is 8.76. The molecule has 3 amide bonds. The molecule has 2 aromatic rings. The van der Waals surface area contributed by atoms with Gasteiger partial charge < -0.3 is 25.3 Å². The first-order valence-electron chi connectivity index (χ1n) is 14.2. The summed E-state index contributed by atoms with van der Waals surface area (Å²) < 4.78 is 13.7. The molecule has 0 spiro atoms. The Labute approximate surface area is 229 Å². The largest absolute Gasteiger partial charge is 0.368 e. The molecule has 0 radical (unpaired) electrons. The van der Waals surface area contributed by atoms with Gasteiger partial charge in [-0.25, -0.2) is 4.39 Å². The molecule has 5 rings (SSSR count). The zero-order valence-corrected chi connectivity index (χ0v) is 22.5. The fourth-order valence-electron chi connectivity index (χ4n) is 5.86. The average Bonchev–Trinajstić information content (AvgIpc) is 3.23. The van der Waals surface area contributed by atoms with E-state index in [9.17, 15) is 18.8 Å². The maximum atomic E-state index is 13.7. The third kappa shape index (κ3) is 6.58. The van der Waals surface area contributed by atoms with Crippen molar-refractivity contribution in [3.8, 4) is 0 Å². The first-order valence-corrected chi connectivity index (χ1v) is 14.2. The first-order chi connectivity index (χ1) is 19.0. The number of nitrogens with one attached hydrogen (secondary N) is 2. The van der Waals surface area contributed by atoms with Gasteiger partial charge in [0.2, 0.25) is 5.91 Å². The van der Waals surface area contributed by atoms with E-state index >= 15 is 0 Å². The molecule has 39 heavy (non-hydrogen) atoms. The SMILES string of the molecule is O=C(Nc1cc(C(=O)N2CCNCC2)ccc1N1CCCN(C(=O)c2cccc(F)c2)CC1)C1CCCCC1. The van der Waals surface area contributed by atoms with Crippen LogP contribution in [-0.2, 0) is 4.79 Å². The van der Waals surface area contributed by atoms with Gasteiger partial charge in [0.05, 0.1) is 11.4 Å². The first kappa shape index (κ1) is 27.1. The Morgan fingerprint density at radius 1 is 0.769 bits per heavy atom. The van der Waals surface area contributed by atoms with Gasteiger partial charge in [-0.05, 0) is 55.7 Å². The number of hydrogen-bond acceptors (Lipinski definition) is 5. The van der Waals surface area contributed by atoms with Crippen LogP contribution in [-0.4, -0.2) is 79.9 Å². The standard InChI is InChI=1S/C30H38FN5O3/c31-25-9-4-8-23(20-25)29(38)35-15-5-14-34(18-19-35)27-11-10-24(30(39)36-16-12-32-13-17-36)21-26(27)33-28(37)22-6-2-1-3-7-22/h4,8-11,20-22,32H,1-3,5-7,12-19H2,(H,33,37). The lowest BCUT2D eigenvalue weighted by Crippen LogP contribution is -2.46. The summed E-state index contributed by atoms with van der Waals surface area (Å²) in [5, 5.41) is 6.45. The molecule has 0 bridgehead atoms. The van der Waals surface area contributed by atoms with Crippen molar-refractivity contribution < 1.29 is 18.8 Å². The van der Waals surface area contributed by atoms with Gasteiger partial charge in [-0.15, -0.1) is 0 Å². The van der Waals surface area contributed by atoms with Crippen molar-refractivity contribution in [2.75, 3.05) is 62.6 Å². The number of hydrogen-bond donors (Lipinski definition) is 2. The molecule has 3 aliphatic rings. The summed E-state index contributed by atoms with van der Waals surface area (Å²) in [6, 6.07) is 11.4. The van der Waals surface area contributed by atoms with Gasteiger partial charge >= 0.3 is 0 Å². The lowest BCUT2D eigenvalue weighted by molar-refractivity contribution is -0.120. The van der Waals surface area contributed by atoms with Crippen molar-refractivity contribution in [2.45, 2.75) is 38.5 Å². The average molecular weight is 536 g/mol. The van der Waals surface area contributed by atoms with Crippen molar-refractivity contribution in [1.82, 2.24) is 15.1 Å². The molecule has 3 fully saturated rings. The van der Waals surface area contributed by atoms with Gasteiger partial charge in [-0.2, -0.15) is 0 Å². The number of amides is 3. The zero-order chi connectivity index (χ0) is 27.2. The van der Waals surface area contributed by atoms with E-state index < -0.39 is 5.82 Å². The van der Waals surface area contributed by atoms with Crippen molar-refractivity contribution in [1.29, 1.82) is 0 Å². The fourth-order valence-corrected chi connectivity index (χ4v) is 5.86. The molecule has 0 atom stereocenters. The maximum Gasteiger partial charge on any atom is 0.254 e. The fraction of sp³-hybridized carbons (Fsp3) is 0.500. The summed E-state index contributed by atoms with van der Waals surface area (Å²) in [6.45, 7) is 5.17. The predicted octanol–water partition coefficient (Wildman–Crippen LogP) is 3.74. The summed E-state index contributed by atoms with van der Waals surface area (Å²) >= 11 is 0. The van der Waals surface area contributed by atoms with E-state index in [1.807, 2.05) is 23.1 Å². The van der Waals surface area contributed by atoms with Crippen LogP contribution in [0.3, 0.4) is 0 Å². The molecule has 2 aromatic carbocycles. The number of carbonyl (C=O) groups excluding carboxylic acids is 3. The molecule has 2 aliphatic heterocycles. The third-order valence-electron chi connectivity index (χ3n) is 8.08. The molecule has 0 aromatic heterocycles. The smallest absolute Gasteiger partial charge is 0.254 e. The van der Waals surface area contributed by atoms with Gasteiger partial charge in [0, 0.05) is 69.4 Å².